The predicted octanol–water partition coefficient (Wildman–Crippen LogP) is 2.75. The van der Waals surface area contributed by atoms with Gasteiger partial charge in [-0.25, -0.2) is 4.98 Å². The number of amides is 1. The summed E-state index contributed by atoms with van der Waals surface area (Å²) in [5.74, 6) is 0.479. The number of nitrogens with zero attached hydrogens (tertiary/aromatic N) is 2. The van der Waals surface area contributed by atoms with Crippen LogP contribution in [0.2, 0.25) is 0 Å². The van der Waals surface area contributed by atoms with Gasteiger partial charge in [-0.1, -0.05) is 24.3 Å². The smallest absolute Gasteiger partial charge is 0.245 e. The van der Waals surface area contributed by atoms with Gasteiger partial charge in [0.1, 0.15) is 5.82 Å². The molecule has 7 heteroatoms. The van der Waals surface area contributed by atoms with Gasteiger partial charge in [0.2, 0.25) is 5.91 Å². The minimum Gasteiger partial charge on any atom is -0.331 e. The fraction of sp³-hybridized carbons (Fsp3) is 0.211. The number of para-hydroxylation sites is 2. The number of fused-ring (bicyclic) bond motifs is 1. The van der Waals surface area contributed by atoms with E-state index < -0.39 is 0 Å². The van der Waals surface area contributed by atoms with E-state index in [0.717, 1.165) is 27.8 Å². The Morgan fingerprint density at radius 3 is 2.69 bits per heavy atom. The molecule has 0 aliphatic carbocycles. The summed E-state index contributed by atoms with van der Waals surface area (Å²) in [5.41, 5.74) is 10.3. The van der Waals surface area contributed by atoms with Crippen LogP contribution in [0.1, 0.15) is 17.0 Å². The summed E-state index contributed by atoms with van der Waals surface area (Å²) < 4.78 is 1.92. The summed E-state index contributed by atoms with van der Waals surface area (Å²) in [6.45, 7) is 4.01. The zero-order chi connectivity index (χ0) is 18.7. The van der Waals surface area contributed by atoms with E-state index in [1.165, 1.54) is 0 Å². The van der Waals surface area contributed by atoms with Crippen molar-refractivity contribution in [2.45, 2.75) is 20.3 Å². The van der Waals surface area contributed by atoms with Crippen LogP contribution < -0.4 is 16.2 Å². The molecule has 3 aromatic rings. The molecule has 0 saturated heterocycles. The highest BCUT2D eigenvalue weighted by atomic mass is 32.1. The molecule has 3 N–H and O–H groups in total. The molecule has 2 aromatic carbocycles. The molecule has 3 rings (SSSR count). The molecule has 134 valence electrons. The van der Waals surface area contributed by atoms with Gasteiger partial charge in [-0.15, -0.1) is 0 Å². The number of aryl methyl sites for hydroxylation is 3. The molecule has 1 amide bonds. The van der Waals surface area contributed by atoms with Gasteiger partial charge in [-0.3, -0.25) is 15.6 Å². The van der Waals surface area contributed by atoms with E-state index in [-0.39, 0.29) is 12.3 Å². The van der Waals surface area contributed by atoms with Crippen LogP contribution in [0, 0.1) is 13.8 Å². The van der Waals surface area contributed by atoms with Crippen molar-refractivity contribution in [3.63, 3.8) is 0 Å². The molecule has 0 atom stereocenters. The van der Waals surface area contributed by atoms with Crippen molar-refractivity contribution in [2.75, 3.05) is 5.32 Å². The van der Waals surface area contributed by atoms with E-state index in [2.05, 4.69) is 21.2 Å². The van der Waals surface area contributed by atoms with Gasteiger partial charge < -0.3 is 9.88 Å². The minimum atomic E-state index is -0.214. The number of hydrazine groups is 1. The molecule has 0 fully saturated rings. The Bertz CT molecular complexity index is 979. The lowest BCUT2D eigenvalue weighted by Crippen LogP contribution is -2.44. The number of hydrogen-bond acceptors (Lipinski definition) is 3. The van der Waals surface area contributed by atoms with Crippen LogP contribution in [-0.2, 0) is 18.3 Å². The molecular weight excluding hydrogens is 346 g/mol. The van der Waals surface area contributed by atoms with E-state index in [4.69, 9.17) is 12.2 Å². The van der Waals surface area contributed by atoms with Gasteiger partial charge in [-0.2, -0.15) is 0 Å². The molecule has 26 heavy (non-hydrogen) atoms. The van der Waals surface area contributed by atoms with E-state index in [0.29, 0.717) is 10.9 Å². The highest BCUT2D eigenvalue weighted by Gasteiger charge is 2.12. The van der Waals surface area contributed by atoms with Crippen LogP contribution in [0.3, 0.4) is 0 Å². The van der Waals surface area contributed by atoms with Crippen LogP contribution in [-0.4, -0.2) is 20.6 Å². The molecule has 6 nitrogen and oxygen atoms in total. The standard InChI is InChI=1S/C19H21N5OS/c1-12-8-9-13(2)15(10-12)21-19(26)23-22-18(25)11-17-20-14-6-4-5-7-16(14)24(17)3/h4-10H,11H2,1-3H3,(H,22,25)(H2,21,23,26). The number of carbonyl (C=O) groups excluding carboxylic acids is 1. The molecule has 0 saturated carbocycles. The van der Waals surface area contributed by atoms with Crippen molar-refractivity contribution in [3.8, 4) is 0 Å². The summed E-state index contributed by atoms with van der Waals surface area (Å²) in [4.78, 5) is 16.7. The highest BCUT2D eigenvalue weighted by molar-refractivity contribution is 7.80. The maximum Gasteiger partial charge on any atom is 0.245 e. The van der Waals surface area contributed by atoms with Gasteiger partial charge in [0.05, 0.1) is 17.5 Å². The van der Waals surface area contributed by atoms with Gasteiger partial charge in [-0.05, 0) is 55.4 Å². The zero-order valence-corrected chi connectivity index (χ0v) is 15.8. The normalized spacial score (nSPS) is 10.6. The number of rotatable bonds is 3. The Morgan fingerprint density at radius 2 is 1.92 bits per heavy atom. The summed E-state index contributed by atoms with van der Waals surface area (Å²) in [6, 6.07) is 13.8. The second-order valence-corrected chi connectivity index (χ2v) is 6.61. The summed E-state index contributed by atoms with van der Waals surface area (Å²) >= 11 is 5.24. The van der Waals surface area contributed by atoms with Crippen LogP contribution in [0.15, 0.2) is 42.5 Å². The summed E-state index contributed by atoms with van der Waals surface area (Å²) in [7, 11) is 1.90. The molecule has 0 bridgehead atoms. The third-order valence-corrected chi connectivity index (χ3v) is 4.36. The van der Waals surface area contributed by atoms with E-state index in [1.54, 1.807) is 0 Å². The number of hydrogen-bond donors (Lipinski definition) is 3. The Hall–Kier alpha value is -2.93. The molecule has 0 aliphatic rings. The first kappa shape index (κ1) is 17.9. The van der Waals surface area contributed by atoms with Crippen molar-refractivity contribution in [2.24, 2.45) is 7.05 Å². The molecule has 1 aromatic heterocycles. The average Bonchev–Trinajstić information content (AvgIpc) is 2.92. The Labute approximate surface area is 157 Å². The van der Waals surface area contributed by atoms with Crippen molar-refractivity contribution in [1.82, 2.24) is 20.4 Å². The molecule has 1 heterocycles. The molecule has 0 aliphatic heterocycles. The van der Waals surface area contributed by atoms with Crippen LogP contribution in [0.4, 0.5) is 5.69 Å². The first-order chi connectivity index (χ1) is 12.4. The highest BCUT2D eigenvalue weighted by Crippen LogP contribution is 2.16. The Morgan fingerprint density at radius 1 is 1.15 bits per heavy atom. The first-order valence-corrected chi connectivity index (χ1v) is 8.68. The number of carbonyl (C=O) groups is 1. The number of aromatic nitrogens is 2. The number of imidazole rings is 1. The lowest BCUT2D eigenvalue weighted by Gasteiger charge is -2.13. The van der Waals surface area contributed by atoms with Gasteiger partial charge in [0.25, 0.3) is 0 Å². The number of anilines is 1. The predicted molar refractivity (Wildman–Crippen MR) is 108 cm³/mol. The van der Waals surface area contributed by atoms with Crippen LogP contribution in [0.5, 0.6) is 0 Å². The van der Waals surface area contributed by atoms with Gasteiger partial charge in [0, 0.05) is 12.7 Å². The lowest BCUT2D eigenvalue weighted by molar-refractivity contribution is -0.121. The first-order valence-electron chi connectivity index (χ1n) is 8.27. The number of nitrogens with one attached hydrogen (secondary N) is 3. The molecule has 0 unspecified atom stereocenters. The Balaban J connectivity index is 1.57. The summed E-state index contributed by atoms with van der Waals surface area (Å²) in [6.07, 6.45) is 0.157. The van der Waals surface area contributed by atoms with Crippen molar-refractivity contribution in [3.05, 3.63) is 59.4 Å². The second-order valence-electron chi connectivity index (χ2n) is 6.20. The monoisotopic (exact) mass is 367 g/mol. The van der Waals surface area contributed by atoms with Crippen molar-refractivity contribution < 1.29 is 4.79 Å². The largest absolute Gasteiger partial charge is 0.331 e. The fourth-order valence-corrected chi connectivity index (χ4v) is 2.85. The maximum atomic E-state index is 12.2. The number of benzene rings is 2. The van der Waals surface area contributed by atoms with Crippen molar-refractivity contribution in [1.29, 1.82) is 0 Å². The molecule has 0 spiro atoms. The van der Waals surface area contributed by atoms with Crippen molar-refractivity contribution >= 4 is 40.0 Å². The second kappa shape index (κ2) is 7.53. The van der Waals surface area contributed by atoms with Gasteiger partial charge >= 0.3 is 0 Å². The molecule has 0 radical (unpaired) electrons. The maximum absolute atomic E-state index is 12.2. The fourth-order valence-electron chi connectivity index (χ4n) is 2.69. The quantitative estimate of drug-likeness (QED) is 0.490. The third-order valence-electron chi connectivity index (χ3n) is 4.16. The van der Waals surface area contributed by atoms with E-state index in [1.807, 2.05) is 67.9 Å². The van der Waals surface area contributed by atoms with Crippen LogP contribution >= 0.6 is 12.2 Å². The van der Waals surface area contributed by atoms with Gasteiger partial charge in [0.15, 0.2) is 5.11 Å². The summed E-state index contributed by atoms with van der Waals surface area (Å²) in [5, 5.41) is 3.42. The van der Waals surface area contributed by atoms with Crippen LogP contribution in [0.25, 0.3) is 11.0 Å². The Kier molecular flexibility index (Phi) is 5.18. The number of thiocarbonyl (C=S) groups is 1. The zero-order valence-electron chi connectivity index (χ0n) is 15.0. The minimum absolute atomic E-state index is 0.157. The molecular formula is C19H21N5OS. The topological polar surface area (TPSA) is 71.0 Å². The van der Waals surface area contributed by atoms with E-state index >= 15 is 0 Å². The lowest BCUT2D eigenvalue weighted by atomic mass is 10.1. The average molecular weight is 367 g/mol. The SMILES string of the molecule is Cc1ccc(C)c(NC(=S)NNC(=O)Cc2nc3ccccc3n2C)c1. The van der Waals surface area contributed by atoms with E-state index in [9.17, 15) is 4.79 Å². The third kappa shape index (κ3) is 4.00.